The molecule has 0 aliphatic heterocycles. The van der Waals surface area contributed by atoms with Crippen LogP contribution in [0.1, 0.15) is 31.1 Å². The third-order valence-corrected chi connectivity index (χ3v) is 3.05. The van der Waals surface area contributed by atoms with E-state index in [1.807, 2.05) is 32.9 Å². The number of hydrazine groups is 1. The molecule has 120 valence electrons. The predicted molar refractivity (Wildman–Crippen MR) is 88.0 cm³/mol. The Kier molecular flexibility index (Phi) is 5.01. The first-order valence-corrected chi connectivity index (χ1v) is 7.31. The van der Waals surface area contributed by atoms with Gasteiger partial charge in [-0.25, -0.2) is 15.2 Å². The van der Waals surface area contributed by atoms with Crippen molar-refractivity contribution in [1.29, 1.82) is 0 Å². The Morgan fingerprint density at radius 2 is 1.43 bits per heavy atom. The van der Waals surface area contributed by atoms with Crippen molar-refractivity contribution in [2.45, 2.75) is 26.3 Å². The molecule has 5 heteroatoms. The predicted octanol–water partition coefficient (Wildman–Crippen LogP) is 3.63. The van der Waals surface area contributed by atoms with Crippen molar-refractivity contribution in [1.82, 2.24) is 10.4 Å². The van der Waals surface area contributed by atoms with Gasteiger partial charge in [-0.2, -0.15) is 0 Å². The molecule has 0 radical (unpaired) electrons. The minimum atomic E-state index is -0.713. The Morgan fingerprint density at radius 1 is 0.913 bits per heavy atom. The van der Waals surface area contributed by atoms with E-state index in [-0.39, 0.29) is 5.91 Å². The summed E-state index contributed by atoms with van der Waals surface area (Å²) >= 11 is 0. The molecule has 0 atom stereocenters. The first kappa shape index (κ1) is 16.5. The highest BCUT2D eigenvalue weighted by atomic mass is 16.6. The number of benzene rings is 2. The number of carbonyl (C=O) groups excluding carboxylic acids is 2. The van der Waals surface area contributed by atoms with Crippen LogP contribution in [0.5, 0.6) is 5.75 Å². The number of hydrogen-bond donors (Lipinski definition) is 1. The van der Waals surface area contributed by atoms with Crippen molar-refractivity contribution in [2.24, 2.45) is 0 Å². The molecule has 0 aliphatic rings. The van der Waals surface area contributed by atoms with Gasteiger partial charge < -0.3 is 4.74 Å². The molecule has 0 aromatic heterocycles. The largest absolute Gasteiger partial charge is 0.431 e. The maximum absolute atomic E-state index is 12.6. The molecule has 0 heterocycles. The zero-order chi connectivity index (χ0) is 16.9. The van der Waals surface area contributed by atoms with E-state index in [2.05, 4.69) is 5.43 Å². The molecule has 1 N–H and O–H groups in total. The zero-order valence-electron chi connectivity index (χ0n) is 13.4. The molecule has 23 heavy (non-hydrogen) atoms. The van der Waals surface area contributed by atoms with E-state index in [0.29, 0.717) is 11.3 Å². The fraction of sp³-hybridized carbons (Fsp3) is 0.222. The number of amides is 2. The maximum atomic E-state index is 12.6. The molecule has 0 spiro atoms. The number of carbonyl (C=O) groups is 2. The van der Waals surface area contributed by atoms with Gasteiger partial charge in [-0.3, -0.25) is 4.79 Å². The second kappa shape index (κ2) is 6.96. The molecule has 2 aromatic carbocycles. The highest BCUT2D eigenvalue weighted by Crippen LogP contribution is 2.16. The molecule has 2 rings (SSSR count). The summed E-state index contributed by atoms with van der Waals surface area (Å²) in [6.07, 6.45) is -0.713. The lowest BCUT2D eigenvalue weighted by molar-refractivity contribution is 0.0410. The van der Waals surface area contributed by atoms with Crippen LogP contribution in [-0.4, -0.2) is 22.5 Å². The number of para-hydroxylation sites is 1. The van der Waals surface area contributed by atoms with Crippen molar-refractivity contribution in [3.63, 3.8) is 0 Å². The van der Waals surface area contributed by atoms with Crippen LogP contribution in [0, 0.1) is 0 Å². The molecular weight excluding hydrogens is 292 g/mol. The Balaban J connectivity index is 2.13. The van der Waals surface area contributed by atoms with E-state index in [9.17, 15) is 9.59 Å². The van der Waals surface area contributed by atoms with Crippen LogP contribution in [0.15, 0.2) is 60.7 Å². The van der Waals surface area contributed by atoms with Crippen LogP contribution in [-0.2, 0) is 0 Å². The van der Waals surface area contributed by atoms with Crippen LogP contribution in [0.2, 0.25) is 0 Å². The summed E-state index contributed by atoms with van der Waals surface area (Å²) in [5.41, 5.74) is 2.41. The number of ether oxygens (including phenoxy) is 1. The number of rotatable bonds is 2. The number of hydrogen-bond acceptors (Lipinski definition) is 3. The zero-order valence-corrected chi connectivity index (χ0v) is 13.4. The first-order chi connectivity index (χ1) is 10.9. The Labute approximate surface area is 135 Å². The lowest BCUT2D eigenvalue weighted by Gasteiger charge is -2.35. The average Bonchev–Trinajstić information content (AvgIpc) is 2.53. The minimum absolute atomic E-state index is 0.303. The van der Waals surface area contributed by atoms with Crippen LogP contribution >= 0.6 is 0 Å². The lowest BCUT2D eigenvalue weighted by Crippen LogP contribution is -2.56. The van der Waals surface area contributed by atoms with Crippen LogP contribution in [0.25, 0.3) is 0 Å². The van der Waals surface area contributed by atoms with Crippen molar-refractivity contribution in [3.8, 4) is 5.75 Å². The second-order valence-electron chi connectivity index (χ2n) is 5.99. The molecule has 0 unspecified atom stereocenters. The normalized spacial score (nSPS) is 10.7. The van der Waals surface area contributed by atoms with E-state index < -0.39 is 11.6 Å². The van der Waals surface area contributed by atoms with Crippen molar-refractivity contribution in [2.75, 3.05) is 0 Å². The fourth-order valence-corrected chi connectivity index (χ4v) is 1.94. The molecule has 5 nitrogen and oxygen atoms in total. The summed E-state index contributed by atoms with van der Waals surface area (Å²) in [4.78, 5) is 24.7. The lowest BCUT2D eigenvalue weighted by atomic mass is 10.1. The van der Waals surface area contributed by atoms with Crippen molar-refractivity contribution in [3.05, 3.63) is 66.2 Å². The third-order valence-electron chi connectivity index (χ3n) is 3.05. The highest BCUT2D eigenvalue weighted by molar-refractivity contribution is 5.95. The molecule has 2 aromatic rings. The molecule has 0 saturated heterocycles. The summed E-state index contributed by atoms with van der Waals surface area (Å²) in [7, 11) is 0. The SMILES string of the molecule is CC(C)(C)N(NC(=O)Oc1ccccc1)C(=O)c1ccccc1. The first-order valence-electron chi connectivity index (χ1n) is 7.31. The Bertz CT molecular complexity index is 664. The highest BCUT2D eigenvalue weighted by Gasteiger charge is 2.29. The van der Waals surface area contributed by atoms with Crippen LogP contribution < -0.4 is 10.2 Å². The van der Waals surface area contributed by atoms with Gasteiger partial charge in [-0.15, -0.1) is 0 Å². The van der Waals surface area contributed by atoms with Gasteiger partial charge in [-0.05, 0) is 45.0 Å². The topological polar surface area (TPSA) is 58.6 Å². The fourth-order valence-electron chi connectivity index (χ4n) is 1.94. The maximum Gasteiger partial charge on any atom is 0.431 e. The van der Waals surface area contributed by atoms with E-state index in [1.54, 1.807) is 48.5 Å². The van der Waals surface area contributed by atoms with E-state index >= 15 is 0 Å². The summed E-state index contributed by atoms with van der Waals surface area (Å²) in [5.74, 6) is 0.106. The molecule has 0 bridgehead atoms. The van der Waals surface area contributed by atoms with Crippen LogP contribution in [0.4, 0.5) is 4.79 Å². The molecular formula is C18H20N2O3. The van der Waals surface area contributed by atoms with Crippen molar-refractivity contribution >= 4 is 12.0 Å². The molecule has 0 saturated carbocycles. The van der Waals surface area contributed by atoms with E-state index in [4.69, 9.17) is 4.74 Å². The van der Waals surface area contributed by atoms with E-state index in [1.165, 1.54) is 5.01 Å². The second-order valence-corrected chi connectivity index (χ2v) is 5.99. The van der Waals surface area contributed by atoms with E-state index in [0.717, 1.165) is 0 Å². The van der Waals surface area contributed by atoms with Gasteiger partial charge in [0.15, 0.2) is 0 Å². The summed E-state index contributed by atoms with van der Waals surface area (Å²) in [6.45, 7) is 5.49. The smallest absolute Gasteiger partial charge is 0.409 e. The summed E-state index contributed by atoms with van der Waals surface area (Å²) in [5, 5.41) is 1.27. The van der Waals surface area contributed by atoms with Gasteiger partial charge in [0.05, 0.1) is 5.54 Å². The number of nitrogens with one attached hydrogen (secondary N) is 1. The Morgan fingerprint density at radius 3 is 1.96 bits per heavy atom. The quantitative estimate of drug-likeness (QED) is 0.861. The van der Waals surface area contributed by atoms with Gasteiger partial charge in [0.2, 0.25) is 0 Å². The van der Waals surface area contributed by atoms with Gasteiger partial charge in [-0.1, -0.05) is 36.4 Å². The third kappa shape index (κ3) is 4.57. The monoisotopic (exact) mass is 312 g/mol. The van der Waals surface area contributed by atoms with Gasteiger partial charge >= 0.3 is 6.09 Å². The average molecular weight is 312 g/mol. The van der Waals surface area contributed by atoms with Gasteiger partial charge in [0.25, 0.3) is 5.91 Å². The van der Waals surface area contributed by atoms with Gasteiger partial charge in [0.1, 0.15) is 5.75 Å². The molecule has 0 fully saturated rings. The van der Waals surface area contributed by atoms with Crippen LogP contribution in [0.3, 0.4) is 0 Å². The molecule has 0 aliphatic carbocycles. The standard InChI is InChI=1S/C18H20N2O3/c1-18(2,3)20(16(21)14-10-6-4-7-11-14)19-17(22)23-15-12-8-5-9-13-15/h4-13H,1-3H3,(H,19,22). The van der Waals surface area contributed by atoms with Gasteiger partial charge in [0, 0.05) is 5.56 Å². The summed E-state index contributed by atoms with van der Waals surface area (Å²) in [6, 6.07) is 17.5. The summed E-state index contributed by atoms with van der Waals surface area (Å²) < 4.78 is 5.18. The molecule has 2 amide bonds. The van der Waals surface area contributed by atoms with Crippen molar-refractivity contribution < 1.29 is 14.3 Å². The number of nitrogens with zero attached hydrogens (tertiary/aromatic N) is 1. The minimum Gasteiger partial charge on any atom is -0.409 e. The Hall–Kier alpha value is -2.82.